The van der Waals surface area contributed by atoms with Crippen molar-refractivity contribution in [2.45, 2.75) is 58.2 Å². The van der Waals surface area contributed by atoms with Crippen molar-refractivity contribution in [1.29, 1.82) is 0 Å². The van der Waals surface area contributed by atoms with Crippen LogP contribution in [-0.4, -0.2) is 30.1 Å². The minimum absolute atomic E-state index is 0.754. The van der Waals surface area contributed by atoms with E-state index in [4.69, 9.17) is 0 Å². The molecule has 3 aliphatic rings. The first-order chi connectivity index (χ1) is 10.2. The lowest BCUT2D eigenvalue weighted by molar-refractivity contribution is 0.1000. The fourth-order valence-corrected chi connectivity index (χ4v) is 4.10. The van der Waals surface area contributed by atoms with Crippen LogP contribution in [0.25, 0.3) is 0 Å². The summed E-state index contributed by atoms with van der Waals surface area (Å²) in [6, 6.07) is 8.27. The summed E-state index contributed by atoms with van der Waals surface area (Å²) in [5, 5.41) is 3.86. The summed E-state index contributed by atoms with van der Waals surface area (Å²) in [6.07, 6.45) is 5.79. The van der Waals surface area contributed by atoms with Crippen molar-refractivity contribution in [2.75, 3.05) is 13.1 Å². The zero-order valence-electron chi connectivity index (χ0n) is 13.4. The van der Waals surface area contributed by atoms with Crippen molar-refractivity contribution in [3.05, 3.63) is 34.9 Å². The summed E-state index contributed by atoms with van der Waals surface area (Å²) in [7, 11) is 0. The lowest BCUT2D eigenvalue weighted by Crippen LogP contribution is -2.57. The maximum atomic E-state index is 3.86. The van der Waals surface area contributed by atoms with Crippen LogP contribution in [0, 0.1) is 25.7 Å². The molecule has 0 spiro atoms. The Hall–Kier alpha value is -0.860. The predicted octanol–water partition coefficient (Wildman–Crippen LogP) is 3.27. The zero-order valence-corrected chi connectivity index (χ0v) is 13.4. The van der Waals surface area contributed by atoms with Gasteiger partial charge in [0, 0.05) is 31.7 Å². The van der Waals surface area contributed by atoms with Crippen LogP contribution in [0.5, 0.6) is 0 Å². The minimum Gasteiger partial charge on any atom is -0.311 e. The SMILES string of the molecule is Cc1cccc(C)c1CN1CC(C2CC2)NCC1C1CC1. The van der Waals surface area contributed by atoms with Gasteiger partial charge in [0.15, 0.2) is 0 Å². The van der Waals surface area contributed by atoms with Gasteiger partial charge in [-0.3, -0.25) is 4.90 Å². The third-order valence-corrected chi connectivity index (χ3v) is 5.85. The molecule has 4 rings (SSSR count). The average Bonchev–Trinajstić information content (AvgIpc) is 3.36. The van der Waals surface area contributed by atoms with Crippen LogP contribution in [0.15, 0.2) is 18.2 Å². The highest BCUT2D eigenvalue weighted by molar-refractivity contribution is 5.33. The van der Waals surface area contributed by atoms with Gasteiger partial charge in [0.1, 0.15) is 0 Å². The van der Waals surface area contributed by atoms with Gasteiger partial charge in [-0.2, -0.15) is 0 Å². The van der Waals surface area contributed by atoms with Crippen molar-refractivity contribution >= 4 is 0 Å². The van der Waals surface area contributed by atoms with Gasteiger partial charge in [0.2, 0.25) is 0 Å². The number of hydrogen-bond donors (Lipinski definition) is 1. The molecule has 1 aromatic carbocycles. The Labute approximate surface area is 128 Å². The Kier molecular flexibility index (Phi) is 3.55. The Morgan fingerprint density at radius 3 is 2.33 bits per heavy atom. The smallest absolute Gasteiger partial charge is 0.0253 e. The van der Waals surface area contributed by atoms with Gasteiger partial charge in [0.25, 0.3) is 0 Å². The first-order valence-corrected chi connectivity index (χ1v) is 8.75. The van der Waals surface area contributed by atoms with E-state index in [1.54, 1.807) is 5.56 Å². The van der Waals surface area contributed by atoms with E-state index in [0.29, 0.717) is 0 Å². The average molecular weight is 284 g/mol. The van der Waals surface area contributed by atoms with Crippen LogP contribution >= 0.6 is 0 Å². The van der Waals surface area contributed by atoms with E-state index in [0.717, 1.165) is 30.5 Å². The molecule has 2 atom stereocenters. The lowest BCUT2D eigenvalue weighted by atomic mass is 9.98. The highest BCUT2D eigenvalue weighted by atomic mass is 15.2. The molecule has 0 bridgehead atoms. The van der Waals surface area contributed by atoms with E-state index in [9.17, 15) is 0 Å². The first-order valence-electron chi connectivity index (χ1n) is 8.75. The van der Waals surface area contributed by atoms with Crippen LogP contribution in [0.1, 0.15) is 42.4 Å². The summed E-state index contributed by atoms with van der Waals surface area (Å²) in [4.78, 5) is 2.81. The van der Waals surface area contributed by atoms with Crippen molar-refractivity contribution < 1.29 is 0 Å². The second kappa shape index (κ2) is 5.40. The molecule has 0 amide bonds. The van der Waals surface area contributed by atoms with E-state index in [1.807, 2.05) is 0 Å². The molecule has 0 aromatic heterocycles. The molecule has 2 heteroatoms. The molecule has 1 saturated heterocycles. The highest BCUT2D eigenvalue weighted by Gasteiger charge is 2.42. The molecule has 2 aliphatic carbocycles. The number of nitrogens with zero attached hydrogens (tertiary/aromatic N) is 1. The minimum atomic E-state index is 0.754. The van der Waals surface area contributed by atoms with E-state index in [1.165, 1.54) is 49.9 Å². The monoisotopic (exact) mass is 284 g/mol. The first kappa shape index (κ1) is 13.8. The molecule has 3 fully saturated rings. The van der Waals surface area contributed by atoms with Gasteiger partial charge >= 0.3 is 0 Å². The molecule has 2 saturated carbocycles. The lowest BCUT2D eigenvalue weighted by Gasteiger charge is -2.41. The third kappa shape index (κ3) is 2.89. The summed E-state index contributed by atoms with van der Waals surface area (Å²) < 4.78 is 0. The molecule has 2 unspecified atom stereocenters. The number of benzene rings is 1. The Morgan fingerprint density at radius 2 is 1.71 bits per heavy atom. The van der Waals surface area contributed by atoms with Gasteiger partial charge in [-0.1, -0.05) is 18.2 Å². The van der Waals surface area contributed by atoms with Crippen LogP contribution < -0.4 is 5.32 Å². The number of hydrogen-bond acceptors (Lipinski definition) is 2. The molecular weight excluding hydrogens is 256 g/mol. The highest BCUT2D eigenvalue weighted by Crippen LogP contribution is 2.40. The van der Waals surface area contributed by atoms with Crippen LogP contribution in [0.2, 0.25) is 0 Å². The van der Waals surface area contributed by atoms with Crippen molar-refractivity contribution in [3.63, 3.8) is 0 Å². The van der Waals surface area contributed by atoms with E-state index >= 15 is 0 Å². The van der Waals surface area contributed by atoms with E-state index in [2.05, 4.69) is 42.3 Å². The Bertz CT molecular complexity index is 496. The molecule has 114 valence electrons. The van der Waals surface area contributed by atoms with Crippen LogP contribution in [0.4, 0.5) is 0 Å². The zero-order chi connectivity index (χ0) is 14.4. The van der Waals surface area contributed by atoms with Crippen molar-refractivity contribution in [1.82, 2.24) is 10.2 Å². The summed E-state index contributed by atoms with van der Waals surface area (Å²) in [5.41, 5.74) is 4.50. The third-order valence-electron chi connectivity index (χ3n) is 5.85. The van der Waals surface area contributed by atoms with Gasteiger partial charge < -0.3 is 5.32 Å². The standard InChI is InChI=1S/C19H28N2/c1-13-4-3-5-14(2)17(13)11-21-12-18(15-6-7-15)20-10-19(21)16-8-9-16/h3-5,15-16,18-20H,6-12H2,1-2H3. The van der Waals surface area contributed by atoms with Crippen molar-refractivity contribution in [3.8, 4) is 0 Å². The Morgan fingerprint density at radius 1 is 1.05 bits per heavy atom. The maximum absolute atomic E-state index is 3.86. The molecule has 1 aliphatic heterocycles. The predicted molar refractivity (Wildman–Crippen MR) is 87.4 cm³/mol. The van der Waals surface area contributed by atoms with Crippen molar-refractivity contribution in [2.24, 2.45) is 11.8 Å². The summed E-state index contributed by atoms with van der Waals surface area (Å²) in [6.45, 7) is 8.19. The fraction of sp³-hybridized carbons (Fsp3) is 0.684. The molecule has 0 radical (unpaired) electrons. The normalized spacial score (nSPS) is 30.6. The molecule has 2 nitrogen and oxygen atoms in total. The fourth-order valence-electron chi connectivity index (χ4n) is 4.10. The largest absolute Gasteiger partial charge is 0.311 e. The number of nitrogens with one attached hydrogen (secondary N) is 1. The molecule has 1 N–H and O–H groups in total. The van der Waals surface area contributed by atoms with Gasteiger partial charge in [-0.25, -0.2) is 0 Å². The second-order valence-electron chi connectivity index (χ2n) is 7.56. The quantitative estimate of drug-likeness (QED) is 0.913. The number of rotatable bonds is 4. The van der Waals surface area contributed by atoms with Crippen LogP contribution in [0.3, 0.4) is 0 Å². The number of aryl methyl sites for hydroxylation is 2. The van der Waals surface area contributed by atoms with Crippen LogP contribution in [-0.2, 0) is 6.54 Å². The van der Waals surface area contributed by atoms with Gasteiger partial charge in [0.05, 0.1) is 0 Å². The second-order valence-corrected chi connectivity index (χ2v) is 7.56. The molecule has 1 heterocycles. The summed E-state index contributed by atoms with van der Waals surface area (Å²) in [5.74, 6) is 1.92. The summed E-state index contributed by atoms with van der Waals surface area (Å²) >= 11 is 0. The molecule has 1 aromatic rings. The van der Waals surface area contributed by atoms with E-state index in [-0.39, 0.29) is 0 Å². The van der Waals surface area contributed by atoms with E-state index < -0.39 is 0 Å². The Balaban J connectivity index is 1.54. The number of piperazine rings is 1. The topological polar surface area (TPSA) is 15.3 Å². The molecular formula is C19H28N2. The molecule has 21 heavy (non-hydrogen) atoms. The maximum Gasteiger partial charge on any atom is 0.0253 e. The van der Waals surface area contributed by atoms with Gasteiger partial charge in [-0.15, -0.1) is 0 Å². The van der Waals surface area contributed by atoms with Gasteiger partial charge in [-0.05, 0) is 68.1 Å².